The van der Waals surface area contributed by atoms with Crippen molar-refractivity contribution in [3.8, 4) is 16.2 Å². The van der Waals surface area contributed by atoms with Gasteiger partial charge in [0, 0.05) is 31.5 Å². The number of nitrogens with zero attached hydrogens (tertiary/aromatic N) is 2. The average Bonchev–Trinajstić information content (AvgIpc) is 3.31. The average molecular weight is 485 g/mol. The molecule has 1 saturated carbocycles. The molecule has 1 aromatic carbocycles. The summed E-state index contributed by atoms with van der Waals surface area (Å²) in [5.41, 5.74) is -1.15. The third-order valence-corrected chi connectivity index (χ3v) is 7.15. The van der Waals surface area contributed by atoms with Gasteiger partial charge in [-0.15, -0.1) is 0 Å². The van der Waals surface area contributed by atoms with Gasteiger partial charge in [-0.3, -0.25) is 9.59 Å². The maximum atomic E-state index is 15.8. The van der Waals surface area contributed by atoms with E-state index in [1.165, 1.54) is 11.3 Å². The second-order valence-electron chi connectivity index (χ2n) is 8.64. The molecule has 0 spiro atoms. The fourth-order valence-corrected chi connectivity index (χ4v) is 5.05. The summed E-state index contributed by atoms with van der Waals surface area (Å²) in [5.74, 6) is 0.119. The van der Waals surface area contributed by atoms with Crippen LogP contribution in [0, 0.1) is 0 Å². The number of thiazole rings is 1. The van der Waals surface area contributed by atoms with Gasteiger partial charge in [0.1, 0.15) is 11.3 Å². The molecule has 1 fully saturated rings. The number of alkyl halides is 1. The Bertz CT molecular complexity index is 1210. The number of pyridine rings is 1. The zero-order valence-electron chi connectivity index (χ0n) is 19.6. The molecule has 2 aromatic heterocycles. The first-order valence-electron chi connectivity index (χ1n) is 11.4. The number of hydrogen-bond donors (Lipinski definition) is 2. The number of aromatic nitrogens is 2. The summed E-state index contributed by atoms with van der Waals surface area (Å²) in [6.07, 6.45) is 4.83. The number of carbonyl (C=O) groups excluding carboxylic acids is 1. The number of aromatic amines is 1. The van der Waals surface area contributed by atoms with Crippen LogP contribution < -0.4 is 20.5 Å². The Kier molecular flexibility index (Phi) is 7.02. The Labute approximate surface area is 202 Å². The number of anilines is 2. The summed E-state index contributed by atoms with van der Waals surface area (Å²) < 4.78 is 21.2. The molecule has 0 bridgehead atoms. The summed E-state index contributed by atoms with van der Waals surface area (Å²) in [5, 5.41) is 3.51. The van der Waals surface area contributed by atoms with Crippen molar-refractivity contribution in [3.63, 3.8) is 0 Å². The van der Waals surface area contributed by atoms with E-state index < -0.39 is 17.1 Å². The molecule has 1 amide bonds. The first-order valence-corrected chi connectivity index (χ1v) is 12.3. The quantitative estimate of drug-likeness (QED) is 0.472. The Hall–Kier alpha value is -3.20. The number of halogens is 1. The molecule has 0 unspecified atom stereocenters. The van der Waals surface area contributed by atoms with E-state index in [0.29, 0.717) is 41.3 Å². The molecule has 0 atom stereocenters. The van der Waals surface area contributed by atoms with Crippen LogP contribution in [0.2, 0.25) is 0 Å². The van der Waals surface area contributed by atoms with E-state index in [4.69, 9.17) is 4.74 Å². The van der Waals surface area contributed by atoms with Gasteiger partial charge in [0.05, 0.1) is 17.2 Å². The Morgan fingerprint density at radius 1 is 1.24 bits per heavy atom. The number of carbonyl (C=O) groups is 1. The summed E-state index contributed by atoms with van der Waals surface area (Å²) in [4.78, 5) is 36.0. The second kappa shape index (κ2) is 9.97. The second-order valence-corrected chi connectivity index (χ2v) is 9.65. The van der Waals surface area contributed by atoms with Crippen LogP contribution in [0.15, 0.2) is 41.3 Å². The van der Waals surface area contributed by atoms with Crippen molar-refractivity contribution < 1.29 is 13.9 Å². The minimum atomic E-state index is -1.61. The molecule has 0 saturated heterocycles. The third kappa shape index (κ3) is 4.99. The van der Waals surface area contributed by atoms with E-state index in [9.17, 15) is 9.59 Å². The van der Waals surface area contributed by atoms with Crippen LogP contribution in [0.3, 0.4) is 0 Å². The molecule has 7 nitrogen and oxygen atoms in total. The predicted octanol–water partition coefficient (Wildman–Crippen LogP) is 5.34. The number of amides is 1. The molecule has 2 N–H and O–H groups in total. The molecule has 4 rings (SSSR count). The summed E-state index contributed by atoms with van der Waals surface area (Å²) >= 11 is 1.35. The summed E-state index contributed by atoms with van der Waals surface area (Å²) in [7, 11) is 3.73. The van der Waals surface area contributed by atoms with Crippen LogP contribution in [0.25, 0.3) is 10.4 Å². The molecule has 0 aliphatic heterocycles. The van der Waals surface area contributed by atoms with E-state index in [-0.39, 0.29) is 11.3 Å². The van der Waals surface area contributed by atoms with E-state index in [1.54, 1.807) is 36.5 Å². The van der Waals surface area contributed by atoms with Gasteiger partial charge in [-0.05, 0) is 62.9 Å². The van der Waals surface area contributed by atoms with Gasteiger partial charge in [-0.2, -0.15) is 0 Å². The number of H-pyrrole nitrogens is 1. The maximum absolute atomic E-state index is 15.8. The first kappa shape index (κ1) is 23.9. The summed E-state index contributed by atoms with van der Waals surface area (Å²) in [6, 6.07) is 8.53. The molecule has 9 heteroatoms. The molecule has 34 heavy (non-hydrogen) atoms. The number of ether oxygens (including phenoxy) is 1. The molecular formula is C25H29FN4O3S. The zero-order valence-corrected chi connectivity index (χ0v) is 20.4. The highest BCUT2D eigenvalue weighted by Crippen LogP contribution is 2.41. The van der Waals surface area contributed by atoms with E-state index in [0.717, 1.165) is 24.4 Å². The van der Waals surface area contributed by atoms with E-state index >= 15 is 4.39 Å². The van der Waals surface area contributed by atoms with Crippen LogP contribution in [0.1, 0.15) is 55.1 Å². The van der Waals surface area contributed by atoms with Gasteiger partial charge in [0.25, 0.3) is 11.5 Å². The lowest BCUT2D eigenvalue weighted by Crippen LogP contribution is -2.31. The lowest BCUT2D eigenvalue weighted by molar-refractivity contribution is 0.0991. The van der Waals surface area contributed by atoms with Crippen molar-refractivity contribution in [1.29, 1.82) is 0 Å². The SMILES string of the molecule is CCOc1ccc(NC(=O)c2c(-c3cnc(N(C)C)s3)cc(C3(F)CCCCC3)[nH]c2=O)cc1. The van der Waals surface area contributed by atoms with Gasteiger partial charge in [-0.1, -0.05) is 17.8 Å². The normalized spacial score (nSPS) is 15.1. The highest BCUT2D eigenvalue weighted by molar-refractivity contribution is 7.18. The molecule has 2 heterocycles. The molecular weight excluding hydrogens is 455 g/mol. The van der Waals surface area contributed by atoms with Gasteiger partial charge in [0.2, 0.25) is 0 Å². The number of rotatable bonds is 7. The molecule has 3 aromatic rings. The maximum Gasteiger partial charge on any atom is 0.261 e. The number of nitrogens with one attached hydrogen (secondary N) is 2. The first-order chi connectivity index (χ1) is 16.3. The van der Waals surface area contributed by atoms with Gasteiger partial charge < -0.3 is 19.9 Å². The van der Waals surface area contributed by atoms with Gasteiger partial charge in [-0.25, -0.2) is 9.37 Å². The highest BCUT2D eigenvalue weighted by atomic mass is 32.1. The molecule has 180 valence electrons. The fraction of sp³-hybridized carbons (Fsp3) is 0.400. The van der Waals surface area contributed by atoms with Crippen LogP contribution in [-0.4, -0.2) is 36.6 Å². The van der Waals surface area contributed by atoms with Crippen molar-refractivity contribution in [2.24, 2.45) is 0 Å². The van der Waals surface area contributed by atoms with Gasteiger partial charge >= 0.3 is 0 Å². The summed E-state index contributed by atoms with van der Waals surface area (Å²) in [6.45, 7) is 2.43. The Morgan fingerprint density at radius 2 is 1.94 bits per heavy atom. The number of hydrogen-bond acceptors (Lipinski definition) is 6. The fourth-order valence-electron chi connectivity index (χ4n) is 4.19. The van der Waals surface area contributed by atoms with Crippen LogP contribution in [-0.2, 0) is 5.67 Å². The Balaban J connectivity index is 1.75. The third-order valence-electron chi connectivity index (χ3n) is 5.95. The van der Waals surface area contributed by atoms with Crippen molar-refractivity contribution >= 4 is 28.1 Å². The zero-order chi connectivity index (χ0) is 24.3. The van der Waals surface area contributed by atoms with Crippen molar-refractivity contribution in [2.75, 3.05) is 30.9 Å². The molecule has 1 aliphatic rings. The van der Waals surface area contributed by atoms with E-state index in [1.807, 2.05) is 25.9 Å². The topological polar surface area (TPSA) is 87.3 Å². The van der Waals surface area contributed by atoms with Gasteiger partial charge in [0.15, 0.2) is 10.8 Å². The largest absolute Gasteiger partial charge is 0.494 e. The van der Waals surface area contributed by atoms with Crippen molar-refractivity contribution in [3.05, 3.63) is 58.1 Å². The van der Waals surface area contributed by atoms with Crippen molar-refractivity contribution in [1.82, 2.24) is 9.97 Å². The van der Waals surface area contributed by atoms with Crippen LogP contribution >= 0.6 is 11.3 Å². The smallest absolute Gasteiger partial charge is 0.261 e. The minimum absolute atomic E-state index is 0.0639. The van der Waals surface area contributed by atoms with Crippen molar-refractivity contribution in [2.45, 2.75) is 44.7 Å². The standard InChI is InChI=1S/C25H29FN4O3S/c1-4-33-17-10-8-16(9-11-17)28-22(31)21-18(19-15-27-24(34-19)30(2)3)14-20(29-23(21)32)25(26)12-6-5-7-13-25/h8-11,14-15H,4-7,12-13H2,1-3H3,(H,28,31)(H,29,32). The lowest BCUT2D eigenvalue weighted by Gasteiger charge is -2.29. The molecule has 0 radical (unpaired) electrons. The van der Waals surface area contributed by atoms with Crippen LogP contribution in [0.5, 0.6) is 5.75 Å². The molecule has 1 aliphatic carbocycles. The Morgan fingerprint density at radius 3 is 2.56 bits per heavy atom. The lowest BCUT2D eigenvalue weighted by atomic mass is 9.83. The highest BCUT2D eigenvalue weighted by Gasteiger charge is 2.36. The van der Waals surface area contributed by atoms with Crippen LogP contribution in [0.4, 0.5) is 15.2 Å². The minimum Gasteiger partial charge on any atom is -0.494 e. The number of benzene rings is 1. The predicted molar refractivity (Wildman–Crippen MR) is 134 cm³/mol. The van der Waals surface area contributed by atoms with E-state index in [2.05, 4.69) is 15.3 Å². The monoisotopic (exact) mass is 484 g/mol.